The van der Waals surface area contributed by atoms with Crippen molar-refractivity contribution in [3.05, 3.63) is 18.2 Å². The molecule has 1 rings (SSSR count). The Balaban J connectivity index is 2.70. The summed E-state index contributed by atoms with van der Waals surface area (Å²) in [7, 11) is -3.52. The van der Waals surface area contributed by atoms with Crippen LogP contribution in [0.3, 0.4) is 0 Å². The lowest BCUT2D eigenvalue weighted by Crippen LogP contribution is -2.42. The number of benzene rings is 1. The molecule has 0 aliphatic rings. The van der Waals surface area contributed by atoms with E-state index in [1.54, 1.807) is 0 Å². The lowest BCUT2D eigenvalue weighted by molar-refractivity contribution is 0.0999. The van der Waals surface area contributed by atoms with Gasteiger partial charge >= 0.3 is 0 Å². The molecule has 22 heavy (non-hydrogen) atoms. The van der Waals surface area contributed by atoms with Crippen molar-refractivity contribution in [3.63, 3.8) is 0 Å². The summed E-state index contributed by atoms with van der Waals surface area (Å²) in [6, 6.07) is 4.02. The molecule has 0 spiro atoms. The van der Waals surface area contributed by atoms with Crippen LogP contribution >= 0.6 is 0 Å². The normalized spacial score (nSPS) is 13.9. The zero-order valence-electron chi connectivity index (χ0n) is 13.5. The van der Waals surface area contributed by atoms with Gasteiger partial charge in [-0.3, -0.25) is 0 Å². The van der Waals surface area contributed by atoms with Crippen LogP contribution in [0.25, 0.3) is 0 Å². The highest BCUT2D eigenvalue weighted by molar-refractivity contribution is 7.91. The van der Waals surface area contributed by atoms with Crippen molar-refractivity contribution < 1.29 is 23.4 Å². The molecule has 0 saturated heterocycles. The van der Waals surface area contributed by atoms with E-state index in [1.165, 1.54) is 25.1 Å². The molecule has 7 heteroatoms. The van der Waals surface area contributed by atoms with E-state index >= 15 is 0 Å². The average Bonchev–Trinajstić information content (AvgIpc) is 2.43. The lowest BCUT2D eigenvalue weighted by Gasteiger charge is -2.23. The number of ether oxygens (including phenoxy) is 1. The SMILES string of the molecule is CCS(=O)(=O)c1cc(OCC(O)CNC(C)(C)C)ccc1O. The second-order valence-corrected chi connectivity index (χ2v) is 8.38. The number of hydrogen-bond acceptors (Lipinski definition) is 6. The maximum absolute atomic E-state index is 11.9. The minimum absolute atomic E-state index is 0.0272. The number of hydrogen-bond donors (Lipinski definition) is 3. The van der Waals surface area contributed by atoms with E-state index in [9.17, 15) is 18.6 Å². The third-order valence-corrected chi connectivity index (χ3v) is 4.71. The van der Waals surface area contributed by atoms with Crippen LogP contribution in [0.15, 0.2) is 23.1 Å². The van der Waals surface area contributed by atoms with Crippen molar-refractivity contribution in [2.24, 2.45) is 0 Å². The molecule has 1 atom stereocenters. The Labute approximate surface area is 132 Å². The largest absolute Gasteiger partial charge is 0.507 e. The number of aromatic hydroxyl groups is 1. The summed E-state index contributed by atoms with van der Waals surface area (Å²) < 4.78 is 29.1. The van der Waals surface area contributed by atoms with E-state index in [0.717, 1.165) is 0 Å². The molecule has 0 aliphatic carbocycles. The molecule has 0 aromatic heterocycles. The van der Waals surface area contributed by atoms with Gasteiger partial charge in [-0.15, -0.1) is 0 Å². The van der Waals surface area contributed by atoms with Crippen LogP contribution in [-0.2, 0) is 9.84 Å². The van der Waals surface area contributed by atoms with Crippen molar-refractivity contribution in [1.29, 1.82) is 0 Å². The van der Waals surface area contributed by atoms with Crippen LogP contribution in [0.2, 0.25) is 0 Å². The predicted octanol–water partition coefficient (Wildman–Crippen LogP) is 1.31. The summed E-state index contributed by atoms with van der Waals surface area (Å²) in [4.78, 5) is -0.158. The van der Waals surface area contributed by atoms with Crippen molar-refractivity contribution in [2.45, 2.75) is 44.2 Å². The molecule has 0 aliphatic heterocycles. The first-order valence-corrected chi connectivity index (χ1v) is 8.82. The van der Waals surface area contributed by atoms with Gasteiger partial charge in [0.25, 0.3) is 0 Å². The fourth-order valence-corrected chi connectivity index (χ4v) is 2.66. The number of β-amino-alcohol motifs (C(OH)–C–C–N with tert-alkyl or cyclic N) is 1. The van der Waals surface area contributed by atoms with Crippen LogP contribution in [0.1, 0.15) is 27.7 Å². The molecule has 0 amide bonds. The Kier molecular flexibility index (Phi) is 6.22. The Hall–Kier alpha value is -1.31. The first kappa shape index (κ1) is 18.7. The van der Waals surface area contributed by atoms with Crippen molar-refractivity contribution in [2.75, 3.05) is 18.9 Å². The maximum atomic E-state index is 11.9. The highest BCUT2D eigenvalue weighted by Crippen LogP contribution is 2.28. The summed E-state index contributed by atoms with van der Waals surface area (Å²) in [6.07, 6.45) is -0.723. The van der Waals surface area contributed by atoms with Crippen LogP contribution in [0, 0.1) is 0 Å². The quantitative estimate of drug-likeness (QED) is 0.697. The van der Waals surface area contributed by atoms with Gasteiger partial charge in [-0.25, -0.2) is 8.42 Å². The Morgan fingerprint density at radius 2 is 1.95 bits per heavy atom. The summed E-state index contributed by atoms with van der Waals surface area (Å²) >= 11 is 0. The van der Waals surface area contributed by atoms with Gasteiger partial charge in [0, 0.05) is 18.2 Å². The fourth-order valence-electron chi connectivity index (χ4n) is 1.66. The Morgan fingerprint density at radius 1 is 1.32 bits per heavy atom. The van der Waals surface area contributed by atoms with E-state index in [4.69, 9.17) is 4.74 Å². The van der Waals surface area contributed by atoms with Gasteiger partial charge in [0.2, 0.25) is 0 Å². The topological polar surface area (TPSA) is 95.9 Å². The molecule has 1 aromatic rings. The monoisotopic (exact) mass is 331 g/mol. The van der Waals surface area contributed by atoms with Crippen molar-refractivity contribution in [1.82, 2.24) is 5.32 Å². The summed E-state index contributed by atoms with van der Waals surface area (Å²) in [6.45, 7) is 7.86. The van der Waals surface area contributed by atoms with Gasteiger partial charge in [-0.1, -0.05) is 6.92 Å². The average molecular weight is 331 g/mol. The van der Waals surface area contributed by atoms with Crippen LogP contribution in [0.4, 0.5) is 0 Å². The number of phenols is 1. The van der Waals surface area contributed by atoms with Crippen molar-refractivity contribution >= 4 is 9.84 Å². The molecule has 0 heterocycles. The molecular weight excluding hydrogens is 306 g/mol. The van der Waals surface area contributed by atoms with E-state index in [0.29, 0.717) is 12.3 Å². The van der Waals surface area contributed by atoms with E-state index in [-0.39, 0.29) is 28.5 Å². The van der Waals surface area contributed by atoms with Crippen molar-refractivity contribution in [3.8, 4) is 11.5 Å². The molecule has 126 valence electrons. The van der Waals surface area contributed by atoms with Gasteiger partial charge in [0.1, 0.15) is 29.1 Å². The maximum Gasteiger partial charge on any atom is 0.181 e. The molecule has 0 radical (unpaired) electrons. The fraction of sp³-hybridized carbons (Fsp3) is 0.600. The molecule has 1 unspecified atom stereocenters. The van der Waals surface area contributed by atoms with Crippen LogP contribution < -0.4 is 10.1 Å². The number of aliphatic hydroxyl groups is 1. The highest BCUT2D eigenvalue weighted by atomic mass is 32.2. The number of sulfone groups is 1. The second-order valence-electron chi connectivity index (χ2n) is 6.13. The number of nitrogens with one attached hydrogen (secondary N) is 1. The zero-order valence-corrected chi connectivity index (χ0v) is 14.3. The zero-order chi connectivity index (χ0) is 17.0. The predicted molar refractivity (Wildman–Crippen MR) is 85.1 cm³/mol. The smallest absolute Gasteiger partial charge is 0.181 e. The summed E-state index contributed by atoms with van der Waals surface area (Å²) in [5.41, 5.74) is -0.109. The van der Waals surface area contributed by atoms with E-state index in [2.05, 4.69) is 5.32 Å². The molecule has 6 nitrogen and oxygen atoms in total. The molecule has 0 bridgehead atoms. The van der Waals surface area contributed by atoms with Gasteiger partial charge in [0.05, 0.1) is 5.75 Å². The summed E-state index contributed by atoms with van der Waals surface area (Å²) in [5.74, 6) is -0.119. The molecule has 1 aromatic carbocycles. The molecular formula is C15H25NO5S. The lowest BCUT2D eigenvalue weighted by atomic mass is 10.1. The Bertz CT molecular complexity index is 592. The van der Waals surface area contributed by atoms with Gasteiger partial charge in [0.15, 0.2) is 9.84 Å². The van der Waals surface area contributed by atoms with Gasteiger partial charge < -0.3 is 20.3 Å². The second kappa shape index (κ2) is 7.30. The minimum atomic E-state index is -3.52. The first-order valence-electron chi connectivity index (χ1n) is 7.17. The number of rotatable bonds is 7. The third kappa shape index (κ3) is 5.82. The Morgan fingerprint density at radius 3 is 2.50 bits per heavy atom. The van der Waals surface area contributed by atoms with E-state index in [1.807, 2.05) is 20.8 Å². The molecule has 0 fully saturated rings. The summed E-state index contributed by atoms with van der Waals surface area (Å²) in [5, 5.41) is 22.7. The standard InChI is InChI=1S/C15H25NO5S/c1-5-22(19,20)14-8-12(6-7-13(14)18)21-10-11(17)9-16-15(2,3)4/h6-8,11,16-18H,5,9-10H2,1-4H3. The van der Waals surface area contributed by atoms with Gasteiger partial charge in [-0.05, 0) is 32.9 Å². The van der Waals surface area contributed by atoms with Crippen LogP contribution in [-0.4, -0.2) is 49.2 Å². The number of phenolic OH excluding ortho intramolecular Hbond substituents is 1. The third-order valence-electron chi connectivity index (χ3n) is 2.96. The number of aliphatic hydroxyl groups excluding tert-OH is 1. The first-order chi connectivity index (χ1) is 10.0. The highest BCUT2D eigenvalue weighted by Gasteiger charge is 2.18. The van der Waals surface area contributed by atoms with Crippen LogP contribution in [0.5, 0.6) is 11.5 Å². The molecule has 0 saturated carbocycles. The molecule has 3 N–H and O–H groups in total. The van der Waals surface area contributed by atoms with Gasteiger partial charge in [-0.2, -0.15) is 0 Å². The van der Waals surface area contributed by atoms with E-state index < -0.39 is 15.9 Å². The minimum Gasteiger partial charge on any atom is -0.507 e.